The summed E-state index contributed by atoms with van der Waals surface area (Å²) in [6, 6.07) is 10.3. The van der Waals surface area contributed by atoms with E-state index >= 15 is 0 Å². The molecule has 0 aliphatic heterocycles. The minimum absolute atomic E-state index is 0.877. The van der Waals surface area contributed by atoms with Gasteiger partial charge in [-0.15, -0.1) is 0 Å². The number of aryl methyl sites for hydroxylation is 2. The third-order valence-corrected chi connectivity index (χ3v) is 2.73. The number of para-hydroxylation sites is 1. The lowest BCUT2D eigenvalue weighted by molar-refractivity contribution is -0.596. The molecular weight excluding hydrogens is 198 g/mol. The fourth-order valence-electron chi connectivity index (χ4n) is 1.91. The summed E-state index contributed by atoms with van der Waals surface area (Å²) in [6.07, 6.45) is 4.04. The van der Waals surface area contributed by atoms with Crippen LogP contribution in [0.3, 0.4) is 0 Å². The van der Waals surface area contributed by atoms with Crippen LogP contribution in [0.25, 0.3) is 5.69 Å². The molecule has 2 rings (SSSR count). The highest BCUT2D eigenvalue weighted by Gasteiger charge is 2.12. The van der Waals surface area contributed by atoms with Crippen LogP contribution in [-0.2, 0) is 0 Å². The summed E-state index contributed by atoms with van der Waals surface area (Å²) >= 11 is 0. The topological polar surface area (TPSA) is 13.1 Å². The van der Waals surface area contributed by atoms with Gasteiger partial charge in [-0.3, -0.25) is 0 Å². The van der Waals surface area contributed by atoms with Gasteiger partial charge in [-0.25, -0.2) is 0 Å². The van der Waals surface area contributed by atoms with E-state index in [4.69, 9.17) is 4.74 Å². The largest absolute Gasteiger partial charge is 0.496 e. The number of pyridine rings is 1. The van der Waals surface area contributed by atoms with Crippen molar-refractivity contribution in [1.29, 1.82) is 0 Å². The fourth-order valence-corrected chi connectivity index (χ4v) is 1.91. The quantitative estimate of drug-likeness (QED) is 0.700. The lowest BCUT2D eigenvalue weighted by atomic mass is 10.1. The highest BCUT2D eigenvalue weighted by Crippen LogP contribution is 2.13. The first-order chi connectivity index (χ1) is 7.72. The second kappa shape index (κ2) is 4.35. The number of ether oxygens (including phenoxy) is 1. The molecule has 0 N–H and O–H groups in total. The van der Waals surface area contributed by atoms with Crippen LogP contribution < -0.4 is 9.30 Å². The maximum atomic E-state index is 5.15. The van der Waals surface area contributed by atoms with Crippen LogP contribution in [-0.4, -0.2) is 7.11 Å². The summed E-state index contributed by atoms with van der Waals surface area (Å²) in [7, 11) is 1.68. The molecular formula is C14H16NO+. The van der Waals surface area contributed by atoms with Crippen molar-refractivity contribution in [3.05, 3.63) is 53.9 Å². The average molecular weight is 214 g/mol. The van der Waals surface area contributed by atoms with E-state index in [-0.39, 0.29) is 0 Å². The van der Waals surface area contributed by atoms with Gasteiger partial charge in [-0.2, -0.15) is 4.57 Å². The summed E-state index contributed by atoms with van der Waals surface area (Å²) in [5, 5.41) is 0. The molecule has 0 fully saturated rings. The Morgan fingerprint density at radius 2 is 1.50 bits per heavy atom. The molecule has 0 aliphatic carbocycles. The molecule has 0 spiro atoms. The molecule has 16 heavy (non-hydrogen) atoms. The van der Waals surface area contributed by atoms with Gasteiger partial charge in [-0.05, 0) is 13.8 Å². The molecule has 0 atom stereocenters. The first-order valence-corrected chi connectivity index (χ1v) is 5.34. The molecule has 0 saturated heterocycles. The Morgan fingerprint density at radius 1 is 0.938 bits per heavy atom. The van der Waals surface area contributed by atoms with Gasteiger partial charge in [0.1, 0.15) is 5.75 Å². The maximum Gasteiger partial charge on any atom is 0.216 e. The van der Waals surface area contributed by atoms with E-state index in [2.05, 4.69) is 36.6 Å². The van der Waals surface area contributed by atoms with Crippen LogP contribution in [0, 0.1) is 13.8 Å². The van der Waals surface area contributed by atoms with E-state index in [1.807, 2.05) is 24.5 Å². The predicted molar refractivity (Wildman–Crippen MR) is 64.0 cm³/mol. The summed E-state index contributed by atoms with van der Waals surface area (Å²) < 4.78 is 7.27. The number of aromatic nitrogens is 1. The number of hydrogen-bond acceptors (Lipinski definition) is 1. The van der Waals surface area contributed by atoms with Crippen molar-refractivity contribution in [2.24, 2.45) is 0 Å². The van der Waals surface area contributed by atoms with E-state index in [1.54, 1.807) is 7.11 Å². The van der Waals surface area contributed by atoms with Gasteiger partial charge >= 0.3 is 0 Å². The van der Waals surface area contributed by atoms with Gasteiger partial charge in [-0.1, -0.05) is 18.2 Å². The van der Waals surface area contributed by atoms with Crippen LogP contribution >= 0.6 is 0 Å². The van der Waals surface area contributed by atoms with E-state index in [0.717, 1.165) is 5.75 Å². The Bertz CT molecular complexity index is 468. The van der Waals surface area contributed by atoms with Crippen molar-refractivity contribution < 1.29 is 9.30 Å². The number of rotatable bonds is 2. The zero-order chi connectivity index (χ0) is 11.5. The molecule has 2 heteroatoms. The van der Waals surface area contributed by atoms with Crippen molar-refractivity contribution in [1.82, 2.24) is 0 Å². The molecule has 0 amide bonds. The third-order valence-electron chi connectivity index (χ3n) is 2.73. The lowest BCUT2D eigenvalue weighted by Crippen LogP contribution is -2.31. The molecule has 1 aromatic carbocycles. The highest BCUT2D eigenvalue weighted by molar-refractivity contribution is 5.40. The predicted octanol–water partition coefficient (Wildman–Crippen LogP) is 2.59. The molecule has 0 aliphatic rings. The molecule has 1 heterocycles. The van der Waals surface area contributed by atoms with Gasteiger partial charge < -0.3 is 4.74 Å². The van der Waals surface area contributed by atoms with Crippen molar-refractivity contribution in [2.75, 3.05) is 7.11 Å². The number of methoxy groups -OCH3 is 1. The fraction of sp³-hybridized carbons (Fsp3) is 0.214. The molecule has 0 unspecified atom stereocenters. The Kier molecular flexibility index (Phi) is 2.91. The van der Waals surface area contributed by atoms with Crippen LogP contribution in [0.2, 0.25) is 0 Å². The molecule has 82 valence electrons. The first kappa shape index (κ1) is 10.7. The van der Waals surface area contributed by atoms with Gasteiger partial charge in [0.2, 0.25) is 5.69 Å². The summed E-state index contributed by atoms with van der Waals surface area (Å²) in [6.45, 7) is 4.25. The molecule has 2 nitrogen and oxygen atoms in total. The average Bonchev–Trinajstić information content (AvgIpc) is 2.30. The summed E-state index contributed by atoms with van der Waals surface area (Å²) in [4.78, 5) is 0. The third kappa shape index (κ3) is 1.91. The lowest BCUT2D eigenvalue weighted by Gasteiger charge is -2.04. The van der Waals surface area contributed by atoms with Gasteiger partial charge in [0.15, 0.2) is 12.4 Å². The van der Waals surface area contributed by atoms with E-state index in [1.165, 1.54) is 16.8 Å². The van der Waals surface area contributed by atoms with Crippen LogP contribution in [0.4, 0.5) is 0 Å². The molecule has 2 aromatic rings. The van der Waals surface area contributed by atoms with Gasteiger partial charge in [0.25, 0.3) is 0 Å². The van der Waals surface area contributed by atoms with Crippen LogP contribution in [0.5, 0.6) is 5.75 Å². The minimum atomic E-state index is 0.877. The van der Waals surface area contributed by atoms with Crippen LogP contribution in [0.15, 0.2) is 42.7 Å². The smallest absolute Gasteiger partial charge is 0.216 e. The van der Waals surface area contributed by atoms with Crippen molar-refractivity contribution >= 4 is 0 Å². The maximum absolute atomic E-state index is 5.15. The Labute approximate surface area is 96.1 Å². The highest BCUT2D eigenvalue weighted by atomic mass is 16.5. The number of nitrogens with zero attached hydrogens (tertiary/aromatic N) is 1. The van der Waals surface area contributed by atoms with E-state index < -0.39 is 0 Å². The number of benzene rings is 1. The normalized spacial score (nSPS) is 10.2. The molecule has 0 bridgehead atoms. The zero-order valence-corrected chi connectivity index (χ0v) is 9.90. The van der Waals surface area contributed by atoms with Gasteiger partial charge in [0, 0.05) is 23.3 Å². The van der Waals surface area contributed by atoms with E-state index in [9.17, 15) is 0 Å². The summed E-state index contributed by atoms with van der Waals surface area (Å²) in [5.74, 6) is 0.877. The van der Waals surface area contributed by atoms with Crippen LogP contribution in [0.1, 0.15) is 11.1 Å². The Morgan fingerprint density at radius 3 is 2.00 bits per heavy atom. The SMILES string of the molecule is COc1cc[n+](-c2c(C)cccc2C)cc1. The number of hydrogen-bond donors (Lipinski definition) is 0. The van der Waals surface area contributed by atoms with Crippen molar-refractivity contribution in [2.45, 2.75) is 13.8 Å². The first-order valence-electron chi connectivity index (χ1n) is 5.34. The Balaban J connectivity index is 2.50. The molecule has 1 aromatic heterocycles. The standard InChI is InChI=1S/C14H16NO/c1-11-5-4-6-12(2)14(11)15-9-7-13(16-3)8-10-15/h4-10H,1-3H3/q+1. The summed E-state index contributed by atoms with van der Waals surface area (Å²) in [5.41, 5.74) is 3.79. The van der Waals surface area contributed by atoms with E-state index in [0.29, 0.717) is 0 Å². The second-order valence-electron chi connectivity index (χ2n) is 3.89. The monoisotopic (exact) mass is 214 g/mol. The van der Waals surface area contributed by atoms with Crippen molar-refractivity contribution in [3.8, 4) is 11.4 Å². The van der Waals surface area contributed by atoms with Crippen molar-refractivity contribution in [3.63, 3.8) is 0 Å². The molecule has 0 saturated carbocycles. The zero-order valence-electron chi connectivity index (χ0n) is 9.90. The Hall–Kier alpha value is -1.83. The minimum Gasteiger partial charge on any atom is -0.496 e. The second-order valence-corrected chi connectivity index (χ2v) is 3.89. The molecule has 0 radical (unpaired) electrons. The van der Waals surface area contributed by atoms with Gasteiger partial charge in [0.05, 0.1) is 7.11 Å².